The molecule has 1 aliphatic heterocycles. The summed E-state index contributed by atoms with van der Waals surface area (Å²) >= 11 is 0. The summed E-state index contributed by atoms with van der Waals surface area (Å²) in [6.45, 7) is 10.7. The van der Waals surface area contributed by atoms with Crippen LogP contribution in [0.3, 0.4) is 0 Å². The van der Waals surface area contributed by atoms with E-state index in [9.17, 15) is 9.59 Å². The maximum atomic E-state index is 13.1. The normalized spacial score (nSPS) is 45.9. The van der Waals surface area contributed by atoms with Crippen molar-refractivity contribution >= 4 is 11.8 Å². The van der Waals surface area contributed by atoms with E-state index in [-0.39, 0.29) is 23.3 Å². The Labute approximate surface area is 171 Å². The van der Waals surface area contributed by atoms with E-state index < -0.39 is 5.41 Å². The van der Waals surface area contributed by atoms with Gasteiger partial charge < -0.3 is 10.2 Å². The standard InChI is InChI=1S/C24H40N2O2/c1-22(2,3)21(28)25-18-14-24(5)17-11-13-23(4)12-7-8-16(23)15(17)9-10-19(24)26(6)20(18)27/h15-19H,7-14H2,1-6H3,(H,25,28)/t15-,16-,17-,18?,19+,23-,24+/m0/s1. The third kappa shape index (κ3) is 2.92. The first-order valence-corrected chi connectivity index (χ1v) is 11.5. The summed E-state index contributed by atoms with van der Waals surface area (Å²) < 4.78 is 0. The lowest BCUT2D eigenvalue weighted by Gasteiger charge is -2.62. The van der Waals surface area contributed by atoms with E-state index in [0.29, 0.717) is 17.4 Å². The van der Waals surface area contributed by atoms with Gasteiger partial charge in [-0.15, -0.1) is 0 Å². The van der Waals surface area contributed by atoms with Crippen LogP contribution >= 0.6 is 0 Å². The van der Waals surface area contributed by atoms with Crippen LogP contribution in [0, 0.1) is 34.0 Å². The first-order valence-electron chi connectivity index (χ1n) is 11.5. The molecule has 0 spiro atoms. The topological polar surface area (TPSA) is 49.4 Å². The number of nitrogens with one attached hydrogen (secondary N) is 1. The highest BCUT2D eigenvalue weighted by Crippen LogP contribution is 2.64. The molecule has 3 saturated carbocycles. The minimum Gasteiger partial charge on any atom is -0.344 e. The Hall–Kier alpha value is -1.06. The first kappa shape index (κ1) is 20.2. The second-order valence-electron chi connectivity index (χ2n) is 12.0. The largest absolute Gasteiger partial charge is 0.344 e. The van der Waals surface area contributed by atoms with Gasteiger partial charge in [-0.2, -0.15) is 0 Å². The molecule has 0 aromatic rings. The lowest BCUT2D eigenvalue weighted by molar-refractivity contribution is -0.163. The highest BCUT2D eigenvalue weighted by atomic mass is 16.2. The fourth-order valence-electron chi connectivity index (χ4n) is 7.77. The predicted octanol–water partition coefficient (Wildman–Crippen LogP) is 4.38. The molecular weight excluding hydrogens is 348 g/mol. The van der Waals surface area contributed by atoms with Gasteiger partial charge in [0.15, 0.2) is 0 Å². The second kappa shape index (κ2) is 6.47. The number of nitrogens with zero attached hydrogens (tertiary/aromatic N) is 1. The van der Waals surface area contributed by atoms with Crippen LogP contribution in [-0.2, 0) is 9.59 Å². The number of carbonyl (C=O) groups is 2. The van der Waals surface area contributed by atoms with Crippen LogP contribution in [0.4, 0.5) is 0 Å². The van der Waals surface area contributed by atoms with Crippen molar-refractivity contribution in [2.24, 2.45) is 34.0 Å². The maximum Gasteiger partial charge on any atom is 0.245 e. The molecule has 1 saturated heterocycles. The van der Waals surface area contributed by atoms with Crippen LogP contribution in [0.25, 0.3) is 0 Å². The molecule has 0 bridgehead atoms. The van der Waals surface area contributed by atoms with E-state index in [1.807, 2.05) is 32.7 Å². The van der Waals surface area contributed by atoms with Gasteiger partial charge in [-0.05, 0) is 73.5 Å². The van der Waals surface area contributed by atoms with Crippen molar-refractivity contribution in [2.45, 2.75) is 98.1 Å². The number of hydrogen-bond donors (Lipinski definition) is 1. The summed E-state index contributed by atoms with van der Waals surface area (Å²) in [7, 11) is 1.98. The van der Waals surface area contributed by atoms with Crippen molar-refractivity contribution in [3.63, 3.8) is 0 Å². The van der Waals surface area contributed by atoms with Crippen LogP contribution in [-0.4, -0.2) is 35.8 Å². The summed E-state index contributed by atoms with van der Waals surface area (Å²) in [5, 5.41) is 3.12. The van der Waals surface area contributed by atoms with Gasteiger partial charge >= 0.3 is 0 Å². The fraction of sp³-hybridized carbons (Fsp3) is 0.917. The molecule has 3 aliphatic carbocycles. The van der Waals surface area contributed by atoms with Gasteiger partial charge in [-0.1, -0.05) is 41.0 Å². The minimum absolute atomic E-state index is 0.0133. The Morgan fingerprint density at radius 3 is 2.46 bits per heavy atom. The van der Waals surface area contributed by atoms with E-state index in [0.717, 1.165) is 24.7 Å². The summed E-state index contributed by atoms with van der Waals surface area (Å²) in [4.78, 5) is 27.7. The molecule has 0 aromatic heterocycles. The lowest BCUT2D eigenvalue weighted by atomic mass is 9.47. The smallest absolute Gasteiger partial charge is 0.245 e. The Morgan fingerprint density at radius 1 is 1.07 bits per heavy atom. The average Bonchev–Trinajstić information content (AvgIpc) is 3.00. The maximum absolute atomic E-state index is 13.1. The van der Waals surface area contributed by atoms with Crippen molar-refractivity contribution < 1.29 is 9.59 Å². The van der Waals surface area contributed by atoms with Gasteiger partial charge in [-0.25, -0.2) is 0 Å². The quantitative estimate of drug-likeness (QED) is 0.725. The van der Waals surface area contributed by atoms with E-state index in [1.54, 1.807) is 0 Å². The van der Waals surface area contributed by atoms with Crippen LogP contribution in [0.1, 0.15) is 86.0 Å². The molecule has 0 aromatic carbocycles. The SMILES string of the molecule is CN1C(=O)C(NC(=O)C(C)(C)C)C[C@]2(C)[C@H]3CC[C@]4(C)CCC[C@H]4[C@@H]3CC[C@@H]12. The molecule has 4 fully saturated rings. The molecule has 1 N–H and O–H groups in total. The second-order valence-corrected chi connectivity index (χ2v) is 12.0. The first-order chi connectivity index (χ1) is 13.0. The van der Waals surface area contributed by atoms with E-state index >= 15 is 0 Å². The predicted molar refractivity (Wildman–Crippen MR) is 112 cm³/mol. The molecule has 2 amide bonds. The molecule has 4 rings (SSSR count). The number of likely N-dealkylation sites (tertiary alicyclic amines) is 1. The number of carbonyl (C=O) groups excluding carboxylic acids is 2. The number of rotatable bonds is 1. The molecule has 4 nitrogen and oxygen atoms in total. The zero-order chi connectivity index (χ0) is 20.5. The highest BCUT2D eigenvalue weighted by molar-refractivity contribution is 5.90. The fourth-order valence-corrected chi connectivity index (χ4v) is 7.77. The zero-order valence-electron chi connectivity index (χ0n) is 18.8. The van der Waals surface area contributed by atoms with Gasteiger partial charge in [-0.3, -0.25) is 9.59 Å². The number of amides is 2. The molecule has 4 aliphatic rings. The molecule has 1 heterocycles. The third-order valence-electron chi connectivity index (χ3n) is 9.34. The van der Waals surface area contributed by atoms with Crippen LogP contribution < -0.4 is 5.32 Å². The van der Waals surface area contributed by atoms with Crippen molar-refractivity contribution in [1.82, 2.24) is 10.2 Å². The molecule has 28 heavy (non-hydrogen) atoms. The van der Waals surface area contributed by atoms with Gasteiger partial charge in [0.2, 0.25) is 11.8 Å². The average molecular weight is 389 g/mol. The summed E-state index contributed by atoms with van der Waals surface area (Å²) in [6, 6.07) is -0.0385. The van der Waals surface area contributed by atoms with Gasteiger partial charge in [0.1, 0.15) is 6.04 Å². The Balaban J connectivity index is 1.61. The van der Waals surface area contributed by atoms with Crippen molar-refractivity contribution in [1.29, 1.82) is 0 Å². The van der Waals surface area contributed by atoms with Crippen LogP contribution in [0.2, 0.25) is 0 Å². The van der Waals surface area contributed by atoms with Crippen LogP contribution in [0.5, 0.6) is 0 Å². The highest BCUT2D eigenvalue weighted by Gasteiger charge is 2.60. The molecule has 158 valence electrons. The van der Waals surface area contributed by atoms with Crippen LogP contribution in [0.15, 0.2) is 0 Å². The zero-order valence-corrected chi connectivity index (χ0v) is 18.8. The van der Waals surface area contributed by atoms with Gasteiger partial charge in [0, 0.05) is 18.5 Å². The number of fused-ring (bicyclic) bond motifs is 5. The summed E-state index contributed by atoms with van der Waals surface area (Å²) in [5.74, 6) is 2.46. The Morgan fingerprint density at radius 2 is 1.79 bits per heavy atom. The van der Waals surface area contributed by atoms with Gasteiger partial charge in [0.05, 0.1) is 0 Å². The van der Waals surface area contributed by atoms with E-state index in [4.69, 9.17) is 0 Å². The molecule has 0 radical (unpaired) electrons. The number of piperidine rings is 1. The van der Waals surface area contributed by atoms with Gasteiger partial charge in [0.25, 0.3) is 0 Å². The minimum atomic E-state index is -0.470. The molecule has 7 atom stereocenters. The van der Waals surface area contributed by atoms with E-state index in [1.165, 1.54) is 38.5 Å². The Bertz CT molecular complexity index is 668. The lowest BCUT2D eigenvalue weighted by Crippen LogP contribution is -2.67. The summed E-state index contributed by atoms with van der Waals surface area (Å²) in [5.41, 5.74) is 0.203. The number of hydrogen-bond acceptors (Lipinski definition) is 2. The molecule has 4 heteroatoms. The monoisotopic (exact) mass is 388 g/mol. The third-order valence-corrected chi connectivity index (χ3v) is 9.34. The summed E-state index contributed by atoms with van der Waals surface area (Å²) in [6.07, 6.45) is 10.1. The van der Waals surface area contributed by atoms with Crippen molar-refractivity contribution in [3.05, 3.63) is 0 Å². The molecule has 1 unspecified atom stereocenters. The van der Waals surface area contributed by atoms with Crippen molar-refractivity contribution in [3.8, 4) is 0 Å². The number of likely N-dealkylation sites (N-methyl/N-ethyl adjacent to an activating group) is 1. The van der Waals surface area contributed by atoms with Crippen molar-refractivity contribution in [2.75, 3.05) is 7.05 Å². The Kier molecular flexibility index (Phi) is 4.67. The van der Waals surface area contributed by atoms with E-state index in [2.05, 4.69) is 19.2 Å². The molecular formula is C24H40N2O2.